The minimum atomic E-state index is 0.218. The second kappa shape index (κ2) is 4.53. The van der Waals surface area contributed by atoms with Gasteiger partial charge in [-0.1, -0.05) is 39.0 Å². The van der Waals surface area contributed by atoms with Crippen LogP contribution in [0.1, 0.15) is 43.9 Å². The smallest absolute Gasteiger partial charge is 0.0127 e. The van der Waals surface area contributed by atoms with Crippen LogP contribution in [0.15, 0.2) is 18.2 Å². The molecule has 1 aromatic carbocycles. The zero-order chi connectivity index (χ0) is 11.5. The quantitative estimate of drug-likeness (QED) is 0.636. The average molecular weight is 200 g/mol. The van der Waals surface area contributed by atoms with Crippen LogP contribution in [0.4, 0.5) is 0 Å². The highest BCUT2D eigenvalue weighted by molar-refractivity contribution is 5.36. The Balaban J connectivity index is 3.02. The van der Waals surface area contributed by atoms with Crippen LogP contribution in [0.5, 0.6) is 0 Å². The lowest BCUT2D eigenvalue weighted by Crippen LogP contribution is -2.13. The van der Waals surface area contributed by atoms with Crippen LogP contribution in [-0.4, -0.2) is 0 Å². The Morgan fingerprint density at radius 3 is 2.47 bits per heavy atom. The van der Waals surface area contributed by atoms with E-state index in [1.165, 1.54) is 16.7 Å². The van der Waals surface area contributed by atoms with Gasteiger partial charge in [-0.05, 0) is 35.4 Å². The van der Waals surface area contributed by atoms with Crippen LogP contribution >= 0.6 is 0 Å². The van der Waals surface area contributed by atoms with Crippen LogP contribution in [0.3, 0.4) is 0 Å². The summed E-state index contributed by atoms with van der Waals surface area (Å²) in [6.07, 6.45) is 7.09. The lowest BCUT2D eigenvalue weighted by atomic mass is 9.83. The van der Waals surface area contributed by atoms with Gasteiger partial charge in [0.2, 0.25) is 0 Å². The van der Waals surface area contributed by atoms with Gasteiger partial charge >= 0.3 is 0 Å². The maximum Gasteiger partial charge on any atom is 0.0127 e. The summed E-state index contributed by atoms with van der Waals surface area (Å²) in [6.45, 7) is 8.92. The molecule has 0 N–H and O–H groups in total. The van der Waals surface area contributed by atoms with Crippen molar-refractivity contribution in [1.82, 2.24) is 0 Å². The summed E-state index contributed by atoms with van der Waals surface area (Å²) in [4.78, 5) is 0. The first-order chi connectivity index (χ1) is 6.95. The molecule has 80 valence electrons. The van der Waals surface area contributed by atoms with E-state index in [2.05, 4.69) is 51.8 Å². The molecule has 0 spiro atoms. The molecule has 0 atom stereocenters. The average Bonchev–Trinajstić information content (AvgIpc) is 2.15. The monoisotopic (exact) mass is 200 g/mol. The Morgan fingerprint density at radius 1 is 1.27 bits per heavy atom. The maximum absolute atomic E-state index is 5.28. The third-order valence-corrected chi connectivity index (χ3v) is 2.67. The molecule has 1 aromatic rings. The van der Waals surface area contributed by atoms with Crippen molar-refractivity contribution in [3.05, 3.63) is 34.9 Å². The number of rotatable bonds is 2. The summed E-state index contributed by atoms with van der Waals surface area (Å²) in [6, 6.07) is 6.68. The first-order valence-electron chi connectivity index (χ1n) is 5.48. The first kappa shape index (κ1) is 11.9. The lowest BCUT2D eigenvalue weighted by molar-refractivity contribution is 0.585. The minimum Gasteiger partial charge on any atom is -0.120 e. The van der Waals surface area contributed by atoms with Crippen molar-refractivity contribution in [2.75, 3.05) is 0 Å². The molecule has 0 saturated heterocycles. The van der Waals surface area contributed by atoms with Gasteiger partial charge in [-0.2, -0.15) is 0 Å². The molecule has 0 heteroatoms. The zero-order valence-electron chi connectivity index (χ0n) is 10.2. The summed E-state index contributed by atoms with van der Waals surface area (Å²) < 4.78 is 0. The number of aryl methyl sites for hydroxylation is 2. The zero-order valence-corrected chi connectivity index (χ0v) is 10.2. The molecular weight excluding hydrogens is 180 g/mol. The molecule has 1 rings (SSSR count). The Hall–Kier alpha value is -1.22. The van der Waals surface area contributed by atoms with Crippen molar-refractivity contribution in [2.45, 2.75) is 46.0 Å². The van der Waals surface area contributed by atoms with Crippen LogP contribution in [-0.2, 0) is 11.8 Å². The summed E-state index contributed by atoms with van der Waals surface area (Å²) in [5, 5.41) is 0. The molecule has 0 aliphatic carbocycles. The van der Waals surface area contributed by atoms with E-state index in [9.17, 15) is 0 Å². The van der Waals surface area contributed by atoms with Gasteiger partial charge in [0.25, 0.3) is 0 Å². The molecule has 0 heterocycles. The molecule has 0 nitrogen and oxygen atoms in total. The van der Waals surface area contributed by atoms with E-state index in [0.717, 1.165) is 12.8 Å². The largest absolute Gasteiger partial charge is 0.120 e. The fourth-order valence-electron chi connectivity index (χ4n) is 1.85. The Morgan fingerprint density at radius 2 is 1.93 bits per heavy atom. The van der Waals surface area contributed by atoms with Crippen molar-refractivity contribution in [3.8, 4) is 12.3 Å². The molecule has 0 radical (unpaired) electrons. The Kier molecular flexibility index (Phi) is 3.58. The van der Waals surface area contributed by atoms with Gasteiger partial charge in [-0.25, -0.2) is 0 Å². The highest BCUT2D eigenvalue weighted by Crippen LogP contribution is 2.26. The molecule has 0 amide bonds. The second-order valence-electron chi connectivity index (χ2n) is 5.10. The van der Waals surface area contributed by atoms with Gasteiger partial charge in [0, 0.05) is 6.42 Å². The van der Waals surface area contributed by atoms with Crippen LogP contribution in [0.2, 0.25) is 0 Å². The van der Waals surface area contributed by atoms with Crippen molar-refractivity contribution in [1.29, 1.82) is 0 Å². The van der Waals surface area contributed by atoms with Crippen molar-refractivity contribution < 1.29 is 0 Å². The van der Waals surface area contributed by atoms with Crippen LogP contribution in [0, 0.1) is 19.3 Å². The highest BCUT2D eigenvalue weighted by atomic mass is 14.2. The SMILES string of the molecule is C#CCCc1ccc(C)c(C(C)(C)C)c1. The maximum atomic E-state index is 5.28. The topological polar surface area (TPSA) is 0 Å². The minimum absolute atomic E-state index is 0.218. The lowest BCUT2D eigenvalue weighted by Gasteiger charge is -2.22. The van der Waals surface area contributed by atoms with Gasteiger partial charge < -0.3 is 0 Å². The molecule has 0 aliphatic rings. The van der Waals surface area contributed by atoms with E-state index in [0.29, 0.717) is 0 Å². The third kappa shape index (κ3) is 3.13. The number of terminal acetylenes is 1. The standard InChI is InChI=1S/C15H20/c1-6-7-8-13-10-9-12(2)14(11-13)15(3,4)5/h1,9-11H,7-8H2,2-5H3. The number of benzene rings is 1. The predicted molar refractivity (Wildman–Crippen MR) is 67.0 cm³/mol. The summed E-state index contributed by atoms with van der Waals surface area (Å²) in [5.41, 5.74) is 4.36. The van der Waals surface area contributed by atoms with Gasteiger partial charge in [-0.3, -0.25) is 0 Å². The molecule has 0 bridgehead atoms. The van der Waals surface area contributed by atoms with Gasteiger partial charge in [-0.15, -0.1) is 12.3 Å². The first-order valence-corrected chi connectivity index (χ1v) is 5.48. The molecule has 0 aliphatic heterocycles. The van der Waals surface area contributed by atoms with Crippen molar-refractivity contribution in [3.63, 3.8) is 0 Å². The molecule has 0 saturated carbocycles. The molecule has 0 unspecified atom stereocenters. The van der Waals surface area contributed by atoms with E-state index in [-0.39, 0.29) is 5.41 Å². The van der Waals surface area contributed by atoms with Crippen LogP contribution < -0.4 is 0 Å². The highest BCUT2D eigenvalue weighted by Gasteiger charge is 2.16. The van der Waals surface area contributed by atoms with E-state index < -0.39 is 0 Å². The van der Waals surface area contributed by atoms with Gasteiger partial charge in [0.1, 0.15) is 0 Å². The van der Waals surface area contributed by atoms with E-state index >= 15 is 0 Å². The summed E-state index contributed by atoms with van der Waals surface area (Å²) in [7, 11) is 0. The molecule has 0 aromatic heterocycles. The molecular formula is C15H20. The van der Waals surface area contributed by atoms with Crippen LogP contribution in [0.25, 0.3) is 0 Å². The van der Waals surface area contributed by atoms with Crippen molar-refractivity contribution >= 4 is 0 Å². The third-order valence-electron chi connectivity index (χ3n) is 2.67. The Labute approximate surface area is 93.7 Å². The van der Waals surface area contributed by atoms with E-state index in [1.54, 1.807) is 0 Å². The number of hydrogen-bond donors (Lipinski definition) is 0. The van der Waals surface area contributed by atoms with Crippen molar-refractivity contribution in [2.24, 2.45) is 0 Å². The van der Waals surface area contributed by atoms with Gasteiger partial charge in [0.05, 0.1) is 0 Å². The fraction of sp³-hybridized carbons (Fsp3) is 0.467. The number of hydrogen-bond acceptors (Lipinski definition) is 0. The van der Waals surface area contributed by atoms with E-state index in [4.69, 9.17) is 6.42 Å². The molecule has 0 fully saturated rings. The Bertz CT molecular complexity index is 372. The fourth-order valence-corrected chi connectivity index (χ4v) is 1.85. The summed E-state index contributed by atoms with van der Waals surface area (Å²) >= 11 is 0. The molecule has 15 heavy (non-hydrogen) atoms. The second-order valence-corrected chi connectivity index (χ2v) is 5.10. The predicted octanol–water partition coefficient (Wildman–Crippen LogP) is 3.86. The van der Waals surface area contributed by atoms with E-state index in [1.807, 2.05) is 0 Å². The normalized spacial score (nSPS) is 11.1. The summed E-state index contributed by atoms with van der Waals surface area (Å²) in [5.74, 6) is 2.69. The van der Waals surface area contributed by atoms with Gasteiger partial charge in [0.15, 0.2) is 0 Å².